The maximum Gasteiger partial charge on any atom is 0.125 e. The van der Waals surface area contributed by atoms with Gasteiger partial charge >= 0.3 is 0 Å². The number of rotatable bonds is 5. The maximum absolute atomic E-state index is 9.81. The maximum atomic E-state index is 9.81. The standard InChI is InChI=1S/C17H20O4/c1-11-16(20-2)8-12(9-17(11)21-3)4-5-13-6-7-14(18)10-15(13)19/h6-10,18-19H,4-5H2,1-3H3. The SMILES string of the molecule is COc1cc(CCc2ccc(O)cc2O)cc(OC)c1C. The van der Waals surface area contributed by atoms with E-state index in [1.165, 1.54) is 6.07 Å². The Morgan fingerprint density at radius 2 is 1.52 bits per heavy atom. The van der Waals surface area contributed by atoms with Crippen LogP contribution in [0.3, 0.4) is 0 Å². The van der Waals surface area contributed by atoms with Gasteiger partial charge in [-0.1, -0.05) is 6.07 Å². The van der Waals surface area contributed by atoms with E-state index in [9.17, 15) is 10.2 Å². The Bertz CT molecular complexity index is 610. The van der Waals surface area contributed by atoms with Gasteiger partial charge in [0, 0.05) is 11.6 Å². The summed E-state index contributed by atoms with van der Waals surface area (Å²) in [6.07, 6.45) is 1.41. The van der Waals surface area contributed by atoms with E-state index in [1.807, 2.05) is 19.1 Å². The van der Waals surface area contributed by atoms with E-state index in [4.69, 9.17) is 9.47 Å². The van der Waals surface area contributed by atoms with Crippen molar-refractivity contribution in [3.05, 3.63) is 47.0 Å². The molecule has 2 N–H and O–H groups in total. The molecule has 0 radical (unpaired) electrons. The summed E-state index contributed by atoms with van der Waals surface area (Å²) in [5, 5.41) is 19.1. The van der Waals surface area contributed by atoms with Crippen LogP contribution < -0.4 is 9.47 Å². The molecule has 0 atom stereocenters. The molecule has 4 heteroatoms. The van der Waals surface area contributed by atoms with E-state index in [1.54, 1.807) is 26.4 Å². The fourth-order valence-corrected chi connectivity index (χ4v) is 2.33. The molecule has 4 nitrogen and oxygen atoms in total. The molecule has 0 heterocycles. The summed E-state index contributed by atoms with van der Waals surface area (Å²) in [7, 11) is 3.27. The summed E-state index contributed by atoms with van der Waals surface area (Å²) in [5.74, 6) is 1.76. The number of aryl methyl sites for hydroxylation is 2. The summed E-state index contributed by atoms with van der Waals surface area (Å²) in [6, 6.07) is 8.62. The van der Waals surface area contributed by atoms with E-state index in [-0.39, 0.29) is 11.5 Å². The molecule has 112 valence electrons. The fourth-order valence-electron chi connectivity index (χ4n) is 2.33. The van der Waals surface area contributed by atoms with Crippen molar-refractivity contribution in [2.24, 2.45) is 0 Å². The minimum Gasteiger partial charge on any atom is -0.508 e. The Hall–Kier alpha value is -2.36. The number of hydrogen-bond acceptors (Lipinski definition) is 4. The zero-order chi connectivity index (χ0) is 15.4. The molecule has 0 unspecified atom stereocenters. The quantitative estimate of drug-likeness (QED) is 0.887. The van der Waals surface area contributed by atoms with Crippen LogP contribution in [0, 0.1) is 6.92 Å². The predicted octanol–water partition coefficient (Wildman–Crippen LogP) is 3.21. The van der Waals surface area contributed by atoms with Crippen molar-refractivity contribution in [2.45, 2.75) is 19.8 Å². The highest BCUT2D eigenvalue weighted by Gasteiger charge is 2.09. The van der Waals surface area contributed by atoms with E-state index < -0.39 is 0 Å². The lowest BCUT2D eigenvalue weighted by Crippen LogP contribution is -1.97. The summed E-state index contributed by atoms with van der Waals surface area (Å²) in [4.78, 5) is 0. The molecule has 0 amide bonds. The average molecular weight is 288 g/mol. The highest BCUT2D eigenvalue weighted by Crippen LogP contribution is 2.30. The van der Waals surface area contributed by atoms with Gasteiger partial charge in [0.2, 0.25) is 0 Å². The Kier molecular flexibility index (Phi) is 4.58. The van der Waals surface area contributed by atoms with Crippen molar-refractivity contribution in [1.82, 2.24) is 0 Å². The van der Waals surface area contributed by atoms with E-state index >= 15 is 0 Å². The molecule has 0 fully saturated rings. The van der Waals surface area contributed by atoms with Crippen LogP contribution in [0.15, 0.2) is 30.3 Å². The molecule has 0 spiro atoms. The molecule has 0 aliphatic rings. The number of aromatic hydroxyl groups is 2. The Morgan fingerprint density at radius 3 is 2.05 bits per heavy atom. The van der Waals surface area contributed by atoms with E-state index in [0.717, 1.165) is 34.6 Å². The molecular weight excluding hydrogens is 268 g/mol. The van der Waals surface area contributed by atoms with Crippen LogP contribution >= 0.6 is 0 Å². The predicted molar refractivity (Wildman–Crippen MR) is 81.5 cm³/mol. The molecular formula is C17H20O4. The monoisotopic (exact) mass is 288 g/mol. The van der Waals surface area contributed by atoms with Gasteiger partial charge in [-0.25, -0.2) is 0 Å². The highest BCUT2D eigenvalue weighted by molar-refractivity contribution is 5.47. The Morgan fingerprint density at radius 1 is 0.905 bits per heavy atom. The first-order valence-electron chi connectivity index (χ1n) is 6.77. The molecule has 2 aromatic carbocycles. The zero-order valence-corrected chi connectivity index (χ0v) is 12.5. The summed E-state index contributed by atoms with van der Waals surface area (Å²) in [6.45, 7) is 1.95. The van der Waals surface area contributed by atoms with Gasteiger partial charge < -0.3 is 19.7 Å². The van der Waals surface area contributed by atoms with Gasteiger partial charge in [0.05, 0.1) is 14.2 Å². The number of phenols is 2. The topological polar surface area (TPSA) is 58.9 Å². The van der Waals surface area contributed by atoms with Gasteiger partial charge in [0.1, 0.15) is 23.0 Å². The van der Waals surface area contributed by atoms with Crippen LogP contribution in [0.1, 0.15) is 16.7 Å². The van der Waals surface area contributed by atoms with Gasteiger partial charge in [0.25, 0.3) is 0 Å². The van der Waals surface area contributed by atoms with Crippen LogP contribution in [0.2, 0.25) is 0 Å². The number of methoxy groups -OCH3 is 2. The van der Waals surface area contributed by atoms with E-state index in [2.05, 4.69) is 0 Å². The smallest absolute Gasteiger partial charge is 0.125 e. The van der Waals surface area contributed by atoms with Crippen LogP contribution in [-0.2, 0) is 12.8 Å². The van der Waals surface area contributed by atoms with Crippen LogP contribution in [0.4, 0.5) is 0 Å². The van der Waals surface area contributed by atoms with Gasteiger partial charge in [-0.3, -0.25) is 0 Å². The minimum atomic E-state index is 0.0647. The van der Waals surface area contributed by atoms with Crippen molar-refractivity contribution in [3.63, 3.8) is 0 Å². The van der Waals surface area contributed by atoms with E-state index in [0.29, 0.717) is 6.42 Å². The lowest BCUT2D eigenvalue weighted by Gasteiger charge is -2.13. The minimum absolute atomic E-state index is 0.0647. The number of benzene rings is 2. The molecule has 2 aromatic rings. The lowest BCUT2D eigenvalue weighted by molar-refractivity contribution is 0.388. The molecule has 0 saturated heterocycles. The van der Waals surface area contributed by atoms with Gasteiger partial charge in [-0.05, 0) is 49.1 Å². The van der Waals surface area contributed by atoms with Gasteiger partial charge in [-0.2, -0.15) is 0 Å². The Balaban J connectivity index is 2.19. The van der Waals surface area contributed by atoms with Crippen molar-refractivity contribution >= 4 is 0 Å². The van der Waals surface area contributed by atoms with Crippen LogP contribution in [-0.4, -0.2) is 24.4 Å². The number of phenolic OH excluding ortho intramolecular Hbond substituents is 2. The van der Waals surface area contributed by atoms with Crippen molar-refractivity contribution < 1.29 is 19.7 Å². The fraction of sp³-hybridized carbons (Fsp3) is 0.294. The second kappa shape index (κ2) is 6.39. The summed E-state index contributed by atoms with van der Waals surface area (Å²) < 4.78 is 10.7. The normalized spacial score (nSPS) is 10.4. The molecule has 0 saturated carbocycles. The third kappa shape index (κ3) is 3.40. The van der Waals surface area contributed by atoms with Crippen LogP contribution in [0.5, 0.6) is 23.0 Å². The van der Waals surface area contributed by atoms with Crippen molar-refractivity contribution in [1.29, 1.82) is 0 Å². The second-order valence-electron chi connectivity index (χ2n) is 4.94. The first-order chi connectivity index (χ1) is 10.0. The van der Waals surface area contributed by atoms with Gasteiger partial charge in [0.15, 0.2) is 0 Å². The molecule has 21 heavy (non-hydrogen) atoms. The zero-order valence-electron chi connectivity index (χ0n) is 12.5. The number of ether oxygens (including phenoxy) is 2. The number of hydrogen-bond donors (Lipinski definition) is 2. The third-order valence-electron chi connectivity index (χ3n) is 3.56. The Labute approximate surface area is 124 Å². The summed E-state index contributed by atoms with van der Waals surface area (Å²) >= 11 is 0. The molecule has 0 aromatic heterocycles. The molecule has 2 rings (SSSR count). The molecule has 0 bridgehead atoms. The van der Waals surface area contributed by atoms with Crippen molar-refractivity contribution in [2.75, 3.05) is 14.2 Å². The first kappa shape index (κ1) is 15.0. The highest BCUT2D eigenvalue weighted by atomic mass is 16.5. The molecule has 0 aliphatic heterocycles. The average Bonchev–Trinajstić information content (AvgIpc) is 2.47. The van der Waals surface area contributed by atoms with Crippen molar-refractivity contribution in [3.8, 4) is 23.0 Å². The first-order valence-corrected chi connectivity index (χ1v) is 6.77. The summed E-state index contributed by atoms with van der Waals surface area (Å²) in [5.41, 5.74) is 2.84. The lowest BCUT2D eigenvalue weighted by atomic mass is 10.0. The third-order valence-corrected chi connectivity index (χ3v) is 3.56. The molecule has 0 aliphatic carbocycles. The second-order valence-corrected chi connectivity index (χ2v) is 4.94. The van der Waals surface area contributed by atoms with Crippen LogP contribution in [0.25, 0.3) is 0 Å². The largest absolute Gasteiger partial charge is 0.508 e. The van der Waals surface area contributed by atoms with Gasteiger partial charge in [-0.15, -0.1) is 0 Å².